The van der Waals surface area contributed by atoms with Crippen molar-refractivity contribution in [1.29, 1.82) is 0 Å². The Bertz CT molecular complexity index is 828. The summed E-state index contributed by atoms with van der Waals surface area (Å²) in [6.07, 6.45) is 4.57. The third-order valence-corrected chi connectivity index (χ3v) is 9.65. The first-order valence-electron chi connectivity index (χ1n) is 9.68. The van der Waals surface area contributed by atoms with E-state index in [1.54, 1.807) is 5.29 Å². The molecule has 0 saturated heterocycles. The molecule has 0 nitrogen and oxygen atoms in total. The van der Waals surface area contributed by atoms with Crippen molar-refractivity contribution < 1.29 is 0 Å². The van der Waals surface area contributed by atoms with Gasteiger partial charge in [0.15, 0.2) is 0 Å². The summed E-state index contributed by atoms with van der Waals surface area (Å²) in [4.78, 5) is 0. The van der Waals surface area contributed by atoms with Gasteiger partial charge in [-0.15, -0.1) is 0 Å². The maximum Gasteiger partial charge on any atom is -0.0161 e. The second-order valence-corrected chi connectivity index (χ2v) is 10.9. The monoisotopic (exact) mass is 372 g/mol. The molecule has 0 unspecified atom stereocenters. The van der Waals surface area contributed by atoms with E-state index in [4.69, 9.17) is 0 Å². The molecule has 0 amide bonds. The van der Waals surface area contributed by atoms with E-state index < -0.39 is 6.89 Å². The molecule has 0 radical (unpaired) electrons. The summed E-state index contributed by atoms with van der Waals surface area (Å²) in [7, 11) is 0. The summed E-state index contributed by atoms with van der Waals surface area (Å²) in [5, 5.41) is 5.91. The third-order valence-electron chi connectivity index (χ3n) is 5.06. The fourth-order valence-corrected chi connectivity index (χ4v) is 8.34. The lowest BCUT2D eigenvalue weighted by Gasteiger charge is -2.32. The summed E-state index contributed by atoms with van der Waals surface area (Å²) >= 11 is 0. The maximum absolute atomic E-state index is 2.37. The highest BCUT2D eigenvalue weighted by molar-refractivity contribution is 7.95. The second kappa shape index (κ2) is 9.07. The van der Waals surface area contributed by atoms with E-state index in [0.29, 0.717) is 0 Å². The molecule has 3 rings (SSSR count). The molecule has 0 aliphatic heterocycles. The standard InChI is InChI=1S/C26H29P/c1-22(2)14-13-15-23(3)27(24-16-7-4-8-17-24,25-18-9-5-10-19-25)26-20-11-6-12-21-26/h4-12,14,16-21H,13,15H2,1-3H3. The predicted molar refractivity (Wildman–Crippen MR) is 124 cm³/mol. The van der Waals surface area contributed by atoms with E-state index in [9.17, 15) is 0 Å². The van der Waals surface area contributed by atoms with Gasteiger partial charge in [-0.05, 0) is 56.4 Å². The molecule has 0 N–H and O–H groups in total. The van der Waals surface area contributed by atoms with Gasteiger partial charge in [-0.2, -0.15) is 0 Å². The van der Waals surface area contributed by atoms with Crippen LogP contribution in [0, 0.1) is 0 Å². The van der Waals surface area contributed by atoms with Crippen LogP contribution in [0.4, 0.5) is 0 Å². The van der Waals surface area contributed by atoms with Crippen molar-refractivity contribution in [3.05, 3.63) is 103 Å². The number of hydrogen-bond acceptors (Lipinski definition) is 0. The molecule has 1 heteroatoms. The van der Waals surface area contributed by atoms with Crippen LogP contribution in [-0.4, -0.2) is 5.29 Å². The normalized spacial score (nSPS) is 11.1. The zero-order valence-electron chi connectivity index (χ0n) is 16.6. The summed E-state index contributed by atoms with van der Waals surface area (Å²) in [5.74, 6) is 0. The van der Waals surface area contributed by atoms with Crippen LogP contribution in [0.25, 0.3) is 0 Å². The lowest BCUT2D eigenvalue weighted by molar-refractivity contribution is 1.08. The van der Waals surface area contributed by atoms with Gasteiger partial charge in [0.25, 0.3) is 0 Å². The molecule has 0 aromatic heterocycles. The van der Waals surface area contributed by atoms with Crippen LogP contribution >= 0.6 is 6.89 Å². The number of benzene rings is 3. The first kappa shape index (κ1) is 19.5. The SMILES string of the molecule is CC(C)=CCCC(C)=P(c1ccccc1)(c1ccccc1)c1ccccc1. The van der Waals surface area contributed by atoms with Gasteiger partial charge in [-0.3, -0.25) is 0 Å². The molecular weight excluding hydrogens is 343 g/mol. The Kier molecular flexibility index (Phi) is 6.54. The highest BCUT2D eigenvalue weighted by Crippen LogP contribution is 2.46. The van der Waals surface area contributed by atoms with Gasteiger partial charge in [0, 0.05) is 0 Å². The maximum atomic E-state index is 2.37. The molecule has 0 bridgehead atoms. The largest absolute Gasteiger partial charge is 0.0856 e. The Morgan fingerprint density at radius 3 is 1.33 bits per heavy atom. The molecule has 0 saturated carbocycles. The smallest absolute Gasteiger partial charge is 0.0161 e. The Labute approximate surface area is 164 Å². The first-order chi connectivity index (χ1) is 13.2. The minimum absolute atomic E-state index is 1.10. The van der Waals surface area contributed by atoms with Crippen LogP contribution in [0.15, 0.2) is 103 Å². The van der Waals surface area contributed by atoms with Crippen molar-refractivity contribution in [2.24, 2.45) is 0 Å². The van der Waals surface area contributed by atoms with E-state index in [1.807, 2.05) is 0 Å². The predicted octanol–water partition coefficient (Wildman–Crippen LogP) is 5.92. The molecule has 138 valence electrons. The summed E-state index contributed by atoms with van der Waals surface area (Å²) in [6.45, 7) is 4.93. The summed E-state index contributed by atoms with van der Waals surface area (Å²) < 4.78 is 0. The van der Waals surface area contributed by atoms with E-state index >= 15 is 0 Å². The highest BCUT2D eigenvalue weighted by Gasteiger charge is 2.27. The van der Waals surface area contributed by atoms with Crippen LogP contribution in [0.3, 0.4) is 0 Å². The summed E-state index contributed by atoms with van der Waals surface area (Å²) in [5.41, 5.74) is 1.39. The van der Waals surface area contributed by atoms with Gasteiger partial charge in [-0.1, -0.05) is 108 Å². The Hall–Kier alpha value is -2.30. The van der Waals surface area contributed by atoms with Crippen LogP contribution < -0.4 is 15.9 Å². The van der Waals surface area contributed by atoms with Crippen molar-refractivity contribution in [2.45, 2.75) is 33.6 Å². The number of rotatable bonds is 6. The van der Waals surface area contributed by atoms with E-state index in [1.165, 1.54) is 21.5 Å². The minimum atomic E-state index is -1.82. The second-order valence-electron chi connectivity index (χ2n) is 7.23. The van der Waals surface area contributed by atoms with Gasteiger partial charge >= 0.3 is 0 Å². The molecule has 0 aliphatic rings. The van der Waals surface area contributed by atoms with Crippen LogP contribution in [-0.2, 0) is 0 Å². The van der Waals surface area contributed by atoms with Gasteiger partial charge in [0.1, 0.15) is 0 Å². The molecule has 0 atom stereocenters. The zero-order valence-corrected chi connectivity index (χ0v) is 17.5. The van der Waals surface area contributed by atoms with Crippen LogP contribution in [0.5, 0.6) is 0 Å². The Morgan fingerprint density at radius 2 is 1.00 bits per heavy atom. The van der Waals surface area contributed by atoms with Gasteiger partial charge in [0.05, 0.1) is 0 Å². The Balaban J connectivity index is 2.34. The average Bonchev–Trinajstić information content (AvgIpc) is 2.71. The average molecular weight is 372 g/mol. The number of hydrogen-bond donors (Lipinski definition) is 0. The molecule has 0 heterocycles. The van der Waals surface area contributed by atoms with E-state index in [0.717, 1.165) is 12.8 Å². The van der Waals surface area contributed by atoms with Crippen LogP contribution in [0.2, 0.25) is 0 Å². The van der Waals surface area contributed by atoms with Gasteiger partial charge < -0.3 is 0 Å². The topological polar surface area (TPSA) is 0 Å². The molecule has 27 heavy (non-hydrogen) atoms. The third kappa shape index (κ3) is 4.18. The fourth-order valence-electron chi connectivity index (χ4n) is 3.80. The van der Waals surface area contributed by atoms with Crippen molar-refractivity contribution >= 4 is 28.1 Å². The first-order valence-corrected chi connectivity index (χ1v) is 11.5. The lowest BCUT2D eigenvalue weighted by atomic mass is 10.2. The van der Waals surface area contributed by atoms with Crippen molar-refractivity contribution in [1.82, 2.24) is 0 Å². The summed E-state index contributed by atoms with van der Waals surface area (Å²) in [6, 6.07) is 33.3. The molecule has 3 aromatic carbocycles. The number of allylic oxidation sites excluding steroid dienone is 2. The molecule has 0 fully saturated rings. The zero-order chi connectivity index (χ0) is 19.1. The van der Waals surface area contributed by atoms with Gasteiger partial charge in [-0.25, -0.2) is 0 Å². The highest BCUT2D eigenvalue weighted by atomic mass is 31.2. The molecular formula is C26H29P. The van der Waals surface area contributed by atoms with Crippen molar-refractivity contribution in [3.8, 4) is 0 Å². The molecule has 0 spiro atoms. The van der Waals surface area contributed by atoms with E-state index in [2.05, 4.69) is 118 Å². The molecule has 0 aliphatic carbocycles. The fraction of sp³-hybridized carbons (Fsp3) is 0.192. The van der Waals surface area contributed by atoms with Crippen molar-refractivity contribution in [3.63, 3.8) is 0 Å². The quantitative estimate of drug-likeness (QED) is 0.372. The van der Waals surface area contributed by atoms with Gasteiger partial charge in [0.2, 0.25) is 0 Å². The van der Waals surface area contributed by atoms with Crippen LogP contribution in [0.1, 0.15) is 33.6 Å². The Morgan fingerprint density at radius 1 is 0.630 bits per heavy atom. The minimum Gasteiger partial charge on any atom is -0.0856 e. The molecule has 3 aromatic rings. The van der Waals surface area contributed by atoms with E-state index in [-0.39, 0.29) is 0 Å². The van der Waals surface area contributed by atoms with Crippen molar-refractivity contribution in [2.75, 3.05) is 0 Å². The lowest BCUT2D eigenvalue weighted by Crippen LogP contribution is -2.29.